The van der Waals surface area contributed by atoms with E-state index in [0.29, 0.717) is 11.5 Å². The number of hydrogen-bond donors (Lipinski definition) is 2. The molecule has 1 saturated heterocycles. The van der Waals surface area contributed by atoms with Crippen LogP contribution in [0.3, 0.4) is 0 Å². The van der Waals surface area contributed by atoms with Crippen molar-refractivity contribution in [3.05, 3.63) is 0 Å². The van der Waals surface area contributed by atoms with E-state index in [2.05, 4.69) is 27.4 Å². The summed E-state index contributed by atoms with van der Waals surface area (Å²) in [4.78, 5) is 19.2. The standard InChI is InChI=1S/C19H34N4O.HI/c1-2-20-18(23-13-12-19(15-23)10-6-7-11-19)21-14-17(24)22-16-8-4-3-5-9-16;/h16H,2-15H2,1H3,(H,20,21)(H,22,24);1H. The van der Waals surface area contributed by atoms with E-state index in [4.69, 9.17) is 0 Å². The zero-order chi connectivity index (χ0) is 16.8. The normalized spacial score (nSPS) is 23.6. The van der Waals surface area contributed by atoms with E-state index in [1.807, 2.05) is 0 Å². The van der Waals surface area contributed by atoms with E-state index in [0.717, 1.165) is 38.4 Å². The van der Waals surface area contributed by atoms with Crippen molar-refractivity contribution in [2.45, 2.75) is 77.2 Å². The number of nitrogens with one attached hydrogen (secondary N) is 2. The quantitative estimate of drug-likeness (QED) is 0.383. The van der Waals surface area contributed by atoms with Gasteiger partial charge in [0.25, 0.3) is 0 Å². The van der Waals surface area contributed by atoms with E-state index in [1.165, 1.54) is 51.4 Å². The van der Waals surface area contributed by atoms with Crippen LogP contribution in [0.25, 0.3) is 0 Å². The van der Waals surface area contributed by atoms with Gasteiger partial charge in [0.05, 0.1) is 0 Å². The fraction of sp³-hybridized carbons (Fsp3) is 0.895. The molecule has 1 amide bonds. The molecule has 6 heteroatoms. The van der Waals surface area contributed by atoms with Crippen LogP contribution >= 0.6 is 24.0 Å². The van der Waals surface area contributed by atoms with Crippen LogP contribution in [0.2, 0.25) is 0 Å². The van der Waals surface area contributed by atoms with Crippen molar-refractivity contribution < 1.29 is 4.79 Å². The van der Waals surface area contributed by atoms with Gasteiger partial charge in [0, 0.05) is 25.7 Å². The van der Waals surface area contributed by atoms with Crippen LogP contribution < -0.4 is 10.6 Å². The van der Waals surface area contributed by atoms with Crippen LogP contribution in [-0.4, -0.2) is 49.0 Å². The van der Waals surface area contributed by atoms with Crippen molar-refractivity contribution in [1.29, 1.82) is 0 Å². The molecule has 3 fully saturated rings. The zero-order valence-electron chi connectivity index (χ0n) is 15.7. The Balaban J connectivity index is 0.00000225. The van der Waals surface area contributed by atoms with Crippen LogP contribution in [0, 0.1) is 5.41 Å². The number of hydrogen-bond acceptors (Lipinski definition) is 2. The van der Waals surface area contributed by atoms with Crippen molar-refractivity contribution in [2.24, 2.45) is 10.4 Å². The highest BCUT2D eigenvalue weighted by molar-refractivity contribution is 14.0. The lowest BCUT2D eigenvalue weighted by atomic mass is 9.86. The fourth-order valence-electron chi connectivity index (χ4n) is 4.74. The Morgan fingerprint density at radius 3 is 2.52 bits per heavy atom. The molecular weight excluding hydrogens is 427 g/mol. The SMILES string of the molecule is CCNC(=NCC(=O)NC1CCCCC1)N1CCC2(CCCC2)C1.I. The maximum absolute atomic E-state index is 12.2. The summed E-state index contributed by atoms with van der Waals surface area (Å²) in [7, 11) is 0. The average molecular weight is 462 g/mol. The third-order valence-electron chi connectivity index (χ3n) is 6.08. The molecule has 0 atom stereocenters. The minimum absolute atomic E-state index is 0. The van der Waals surface area contributed by atoms with Crippen molar-refractivity contribution in [2.75, 3.05) is 26.2 Å². The van der Waals surface area contributed by atoms with Gasteiger partial charge in [-0.1, -0.05) is 32.1 Å². The Hall–Kier alpha value is -0.530. The highest BCUT2D eigenvalue weighted by atomic mass is 127. The Kier molecular flexibility index (Phi) is 8.29. The van der Waals surface area contributed by atoms with Gasteiger partial charge >= 0.3 is 0 Å². The molecule has 3 aliphatic rings. The summed E-state index contributed by atoms with van der Waals surface area (Å²) in [5, 5.41) is 6.55. The van der Waals surface area contributed by atoms with Crippen molar-refractivity contribution >= 4 is 35.8 Å². The first-order valence-corrected chi connectivity index (χ1v) is 10.0. The van der Waals surface area contributed by atoms with E-state index in [1.54, 1.807) is 0 Å². The lowest BCUT2D eigenvalue weighted by Crippen LogP contribution is -2.42. The molecule has 2 N–H and O–H groups in total. The number of amides is 1. The summed E-state index contributed by atoms with van der Waals surface area (Å²) in [6.07, 6.45) is 12.8. The van der Waals surface area contributed by atoms with Gasteiger partial charge in [0.15, 0.2) is 5.96 Å². The molecule has 0 unspecified atom stereocenters. The number of carbonyl (C=O) groups is 1. The second-order valence-corrected chi connectivity index (χ2v) is 7.95. The predicted molar refractivity (Wildman–Crippen MR) is 114 cm³/mol. The van der Waals surface area contributed by atoms with Gasteiger partial charge in [0.1, 0.15) is 6.54 Å². The van der Waals surface area contributed by atoms with Gasteiger partial charge in [-0.05, 0) is 44.4 Å². The zero-order valence-corrected chi connectivity index (χ0v) is 18.0. The molecule has 2 saturated carbocycles. The highest BCUT2D eigenvalue weighted by Gasteiger charge is 2.41. The number of nitrogens with zero attached hydrogens (tertiary/aromatic N) is 2. The minimum Gasteiger partial charge on any atom is -0.357 e. The van der Waals surface area contributed by atoms with E-state index >= 15 is 0 Å². The Morgan fingerprint density at radius 2 is 1.84 bits per heavy atom. The van der Waals surface area contributed by atoms with Gasteiger partial charge in [-0.25, -0.2) is 4.99 Å². The summed E-state index contributed by atoms with van der Waals surface area (Å²) >= 11 is 0. The molecule has 1 spiro atoms. The van der Waals surface area contributed by atoms with Gasteiger partial charge in [0.2, 0.25) is 5.91 Å². The van der Waals surface area contributed by atoms with Gasteiger partial charge in [-0.3, -0.25) is 4.79 Å². The summed E-state index contributed by atoms with van der Waals surface area (Å²) in [6.45, 7) is 5.40. The van der Waals surface area contributed by atoms with Gasteiger partial charge in [-0.15, -0.1) is 24.0 Å². The topological polar surface area (TPSA) is 56.7 Å². The van der Waals surface area contributed by atoms with E-state index < -0.39 is 0 Å². The maximum Gasteiger partial charge on any atom is 0.242 e. The number of aliphatic imine (C=N–C) groups is 1. The minimum atomic E-state index is 0. The summed E-state index contributed by atoms with van der Waals surface area (Å²) < 4.78 is 0. The molecule has 144 valence electrons. The first-order chi connectivity index (χ1) is 11.7. The number of guanidine groups is 1. The number of carbonyl (C=O) groups excluding carboxylic acids is 1. The second kappa shape index (κ2) is 9.97. The molecule has 3 rings (SSSR count). The maximum atomic E-state index is 12.2. The number of halogens is 1. The third-order valence-corrected chi connectivity index (χ3v) is 6.08. The molecule has 0 radical (unpaired) electrons. The summed E-state index contributed by atoms with van der Waals surface area (Å²) in [5.41, 5.74) is 0.528. The average Bonchev–Trinajstić information content (AvgIpc) is 3.23. The molecule has 0 aromatic heterocycles. The molecule has 0 aromatic carbocycles. The molecule has 0 bridgehead atoms. The van der Waals surface area contributed by atoms with Gasteiger partial charge < -0.3 is 15.5 Å². The van der Waals surface area contributed by atoms with Crippen molar-refractivity contribution in [3.63, 3.8) is 0 Å². The number of rotatable bonds is 4. The lowest BCUT2D eigenvalue weighted by Gasteiger charge is -2.26. The largest absolute Gasteiger partial charge is 0.357 e. The highest BCUT2D eigenvalue weighted by Crippen LogP contribution is 2.45. The van der Waals surface area contributed by atoms with Gasteiger partial charge in [-0.2, -0.15) is 0 Å². The smallest absolute Gasteiger partial charge is 0.242 e. The Morgan fingerprint density at radius 1 is 1.12 bits per heavy atom. The van der Waals surface area contributed by atoms with E-state index in [-0.39, 0.29) is 36.4 Å². The number of likely N-dealkylation sites (tertiary alicyclic amines) is 1. The summed E-state index contributed by atoms with van der Waals surface area (Å²) in [5.74, 6) is 1.01. The predicted octanol–water partition coefficient (Wildman–Crippen LogP) is 3.28. The Labute approximate surface area is 169 Å². The molecule has 1 aliphatic heterocycles. The van der Waals surface area contributed by atoms with Crippen molar-refractivity contribution in [3.8, 4) is 0 Å². The van der Waals surface area contributed by atoms with Crippen molar-refractivity contribution in [1.82, 2.24) is 15.5 Å². The van der Waals surface area contributed by atoms with Crippen LogP contribution in [0.5, 0.6) is 0 Å². The molecular formula is C19H35IN4O. The third kappa shape index (κ3) is 5.73. The second-order valence-electron chi connectivity index (χ2n) is 7.95. The monoisotopic (exact) mass is 462 g/mol. The molecule has 1 heterocycles. The van der Waals surface area contributed by atoms with Crippen LogP contribution in [-0.2, 0) is 4.79 Å². The lowest BCUT2D eigenvalue weighted by molar-refractivity contribution is -0.120. The molecule has 0 aromatic rings. The van der Waals surface area contributed by atoms with E-state index in [9.17, 15) is 4.79 Å². The molecule has 2 aliphatic carbocycles. The first-order valence-electron chi connectivity index (χ1n) is 10.0. The van der Waals surface area contributed by atoms with Crippen LogP contribution in [0.4, 0.5) is 0 Å². The first kappa shape index (κ1) is 20.8. The molecule has 25 heavy (non-hydrogen) atoms. The Bertz CT molecular complexity index is 456. The summed E-state index contributed by atoms with van der Waals surface area (Å²) in [6, 6.07) is 0.373. The molecule has 5 nitrogen and oxygen atoms in total. The van der Waals surface area contributed by atoms with Crippen LogP contribution in [0.1, 0.15) is 71.1 Å². The van der Waals surface area contributed by atoms with Crippen LogP contribution in [0.15, 0.2) is 4.99 Å². The fourth-order valence-corrected chi connectivity index (χ4v) is 4.74.